The summed E-state index contributed by atoms with van der Waals surface area (Å²) in [6, 6.07) is 7.27. The third kappa shape index (κ3) is 5.92. The number of esters is 1. The Kier molecular flexibility index (Phi) is 7.72. The van der Waals surface area contributed by atoms with Crippen LogP contribution in [0.25, 0.3) is 11.1 Å². The maximum Gasteiger partial charge on any atom is 0.339 e. The molecular formula is C24H27ClN6O4S. The maximum absolute atomic E-state index is 12.3. The van der Waals surface area contributed by atoms with Crippen molar-refractivity contribution in [2.45, 2.75) is 13.8 Å². The number of carbonyl (C=O) groups is 1. The Hall–Kier alpha value is -3.28. The van der Waals surface area contributed by atoms with Gasteiger partial charge in [0.1, 0.15) is 5.82 Å². The molecule has 4 rings (SSSR count). The van der Waals surface area contributed by atoms with E-state index in [-0.39, 0.29) is 6.61 Å². The van der Waals surface area contributed by atoms with Crippen molar-refractivity contribution in [3.05, 3.63) is 59.0 Å². The van der Waals surface area contributed by atoms with Crippen LogP contribution < -0.4 is 10.2 Å². The zero-order valence-corrected chi connectivity index (χ0v) is 21.8. The van der Waals surface area contributed by atoms with Gasteiger partial charge >= 0.3 is 5.97 Å². The van der Waals surface area contributed by atoms with Crippen molar-refractivity contribution in [1.82, 2.24) is 19.3 Å². The Labute approximate surface area is 215 Å². The topological polar surface area (TPSA) is 118 Å². The first kappa shape index (κ1) is 25.8. The number of aromatic nitrogens is 3. The highest BCUT2D eigenvalue weighted by Crippen LogP contribution is 2.32. The van der Waals surface area contributed by atoms with Crippen LogP contribution in [0.5, 0.6) is 0 Å². The molecule has 1 fully saturated rings. The van der Waals surface area contributed by atoms with Crippen molar-refractivity contribution in [3.8, 4) is 11.1 Å². The number of sulfonamides is 1. The minimum absolute atomic E-state index is 0.255. The molecule has 0 bridgehead atoms. The predicted octanol–water partition coefficient (Wildman–Crippen LogP) is 3.50. The van der Waals surface area contributed by atoms with Gasteiger partial charge in [0.2, 0.25) is 16.0 Å². The molecule has 3 heterocycles. The maximum atomic E-state index is 12.3. The number of halogens is 1. The number of anilines is 3. The van der Waals surface area contributed by atoms with Gasteiger partial charge in [-0.25, -0.2) is 18.2 Å². The Balaban J connectivity index is 1.71. The molecule has 2 aromatic heterocycles. The van der Waals surface area contributed by atoms with Gasteiger partial charge < -0.3 is 15.0 Å². The number of nitrogens with zero attached hydrogens (tertiary/aromatic N) is 5. The normalized spacial score (nSPS) is 14.5. The van der Waals surface area contributed by atoms with Crippen molar-refractivity contribution >= 4 is 45.0 Å². The SMILES string of the molecule is CCOC(=O)c1cncc(-c2cnc(Nc3ccc(C)c(Cl)c3)nc2N2CCN(S(C)(=O)=O)CC2)c1. The van der Waals surface area contributed by atoms with Crippen molar-refractivity contribution < 1.29 is 17.9 Å². The van der Waals surface area contributed by atoms with E-state index >= 15 is 0 Å². The number of nitrogens with one attached hydrogen (secondary N) is 1. The zero-order valence-electron chi connectivity index (χ0n) is 20.2. The van der Waals surface area contributed by atoms with Crippen molar-refractivity contribution in [2.24, 2.45) is 0 Å². The molecule has 0 unspecified atom stereocenters. The van der Waals surface area contributed by atoms with Gasteiger partial charge in [-0.15, -0.1) is 0 Å². The van der Waals surface area contributed by atoms with E-state index < -0.39 is 16.0 Å². The number of benzene rings is 1. The van der Waals surface area contributed by atoms with Gasteiger partial charge in [-0.1, -0.05) is 17.7 Å². The van der Waals surface area contributed by atoms with Gasteiger partial charge in [-0.3, -0.25) is 4.98 Å². The first-order valence-corrected chi connectivity index (χ1v) is 13.6. The molecule has 1 aliphatic rings. The summed E-state index contributed by atoms with van der Waals surface area (Å²) in [4.78, 5) is 27.7. The lowest BCUT2D eigenvalue weighted by Crippen LogP contribution is -2.48. The molecule has 36 heavy (non-hydrogen) atoms. The Morgan fingerprint density at radius 3 is 2.56 bits per heavy atom. The number of pyridine rings is 1. The van der Waals surface area contributed by atoms with Crippen molar-refractivity contribution in [2.75, 3.05) is 49.3 Å². The monoisotopic (exact) mass is 530 g/mol. The lowest BCUT2D eigenvalue weighted by atomic mass is 10.1. The molecule has 0 radical (unpaired) electrons. The predicted molar refractivity (Wildman–Crippen MR) is 139 cm³/mol. The number of hydrogen-bond acceptors (Lipinski definition) is 9. The van der Waals surface area contributed by atoms with Crippen LogP contribution in [0.1, 0.15) is 22.8 Å². The number of ether oxygens (including phenoxy) is 1. The van der Waals surface area contributed by atoms with E-state index in [9.17, 15) is 13.2 Å². The molecule has 10 nitrogen and oxygen atoms in total. The van der Waals surface area contributed by atoms with Crippen LogP contribution in [0, 0.1) is 6.92 Å². The summed E-state index contributed by atoms with van der Waals surface area (Å²) in [5.41, 5.74) is 3.31. The summed E-state index contributed by atoms with van der Waals surface area (Å²) in [5, 5.41) is 3.80. The molecule has 0 aliphatic carbocycles. The average molecular weight is 531 g/mol. The van der Waals surface area contributed by atoms with Gasteiger partial charge in [-0.2, -0.15) is 9.29 Å². The summed E-state index contributed by atoms with van der Waals surface area (Å²) in [6.07, 6.45) is 5.95. The Bertz CT molecular complexity index is 1380. The number of aryl methyl sites for hydroxylation is 1. The largest absolute Gasteiger partial charge is 0.462 e. The number of rotatable bonds is 7. The van der Waals surface area contributed by atoms with Crippen LogP contribution in [0.4, 0.5) is 17.5 Å². The van der Waals surface area contributed by atoms with Crippen LogP contribution in [-0.4, -0.2) is 72.7 Å². The van der Waals surface area contributed by atoms with E-state index in [1.165, 1.54) is 16.8 Å². The van der Waals surface area contributed by atoms with E-state index in [4.69, 9.17) is 21.3 Å². The second-order valence-electron chi connectivity index (χ2n) is 8.35. The molecule has 0 atom stereocenters. The molecule has 0 amide bonds. The van der Waals surface area contributed by atoms with E-state index in [1.54, 1.807) is 31.5 Å². The lowest BCUT2D eigenvalue weighted by molar-refractivity contribution is 0.0526. The third-order valence-corrected chi connectivity index (χ3v) is 7.47. The molecule has 1 aromatic carbocycles. The van der Waals surface area contributed by atoms with Crippen LogP contribution in [-0.2, 0) is 14.8 Å². The van der Waals surface area contributed by atoms with E-state index in [0.717, 1.165) is 11.3 Å². The Morgan fingerprint density at radius 1 is 1.14 bits per heavy atom. The molecule has 12 heteroatoms. The van der Waals surface area contributed by atoms with Crippen molar-refractivity contribution in [3.63, 3.8) is 0 Å². The summed E-state index contributed by atoms with van der Waals surface area (Å²) in [7, 11) is -3.28. The zero-order chi connectivity index (χ0) is 25.9. The minimum Gasteiger partial charge on any atom is -0.462 e. The average Bonchev–Trinajstić information content (AvgIpc) is 2.86. The number of hydrogen-bond donors (Lipinski definition) is 1. The van der Waals surface area contributed by atoms with Crippen LogP contribution in [0.2, 0.25) is 5.02 Å². The van der Waals surface area contributed by atoms with Crippen molar-refractivity contribution in [1.29, 1.82) is 0 Å². The first-order chi connectivity index (χ1) is 17.2. The smallest absolute Gasteiger partial charge is 0.339 e. The molecule has 0 spiro atoms. The summed E-state index contributed by atoms with van der Waals surface area (Å²) >= 11 is 6.26. The Morgan fingerprint density at radius 2 is 1.89 bits per heavy atom. The molecule has 0 saturated carbocycles. The highest BCUT2D eigenvalue weighted by atomic mass is 35.5. The van der Waals surface area contributed by atoms with Gasteiger partial charge in [0.15, 0.2) is 0 Å². The molecular weight excluding hydrogens is 504 g/mol. The van der Waals surface area contributed by atoms with Gasteiger partial charge in [-0.05, 0) is 37.6 Å². The van der Waals surface area contributed by atoms with Crippen LogP contribution in [0.15, 0.2) is 42.9 Å². The van der Waals surface area contributed by atoms with E-state index in [2.05, 4.69) is 15.3 Å². The number of carbonyl (C=O) groups excluding carboxylic acids is 1. The molecule has 1 aliphatic heterocycles. The summed E-state index contributed by atoms with van der Waals surface area (Å²) in [6.45, 7) is 5.47. The quantitative estimate of drug-likeness (QED) is 0.458. The lowest BCUT2D eigenvalue weighted by Gasteiger charge is -2.35. The number of piperazine rings is 1. The van der Waals surface area contributed by atoms with E-state index in [1.807, 2.05) is 24.0 Å². The fraction of sp³-hybridized carbons (Fsp3) is 0.333. The van der Waals surface area contributed by atoms with Gasteiger partial charge in [0.25, 0.3) is 0 Å². The molecule has 1 N–H and O–H groups in total. The highest BCUT2D eigenvalue weighted by Gasteiger charge is 2.26. The standard InChI is InChI=1S/C24H27ClN6O4S/c1-4-35-23(32)18-11-17(13-26-14-18)20-15-27-24(28-19-6-5-16(2)21(25)12-19)29-22(20)30-7-9-31(10-8-30)36(3,33)34/h5-6,11-15H,4,7-10H2,1-3H3,(H,27,28,29). The van der Waals surface area contributed by atoms with Gasteiger partial charge in [0, 0.05) is 66.6 Å². The summed E-state index contributed by atoms with van der Waals surface area (Å²) in [5.74, 6) is 0.487. The fourth-order valence-corrected chi connectivity index (χ4v) is 4.83. The fourth-order valence-electron chi connectivity index (χ4n) is 3.82. The molecule has 3 aromatic rings. The summed E-state index contributed by atoms with van der Waals surface area (Å²) < 4.78 is 30.5. The van der Waals surface area contributed by atoms with Crippen LogP contribution in [0.3, 0.4) is 0 Å². The molecule has 1 saturated heterocycles. The van der Waals surface area contributed by atoms with E-state index in [0.29, 0.717) is 59.7 Å². The second-order valence-corrected chi connectivity index (χ2v) is 10.7. The third-order valence-electron chi connectivity index (χ3n) is 5.76. The van der Waals surface area contributed by atoms with Gasteiger partial charge in [0.05, 0.1) is 18.4 Å². The van der Waals surface area contributed by atoms with Crippen LogP contribution >= 0.6 is 11.6 Å². The first-order valence-electron chi connectivity index (χ1n) is 11.4. The highest BCUT2D eigenvalue weighted by molar-refractivity contribution is 7.88. The molecule has 190 valence electrons. The minimum atomic E-state index is -3.28. The second kappa shape index (κ2) is 10.8.